The van der Waals surface area contributed by atoms with Crippen LogP contribution < -0.4 is 5.32 Å². The molecular weight excluding hydrogens is 358 g/mol. The van der Waals surface area contributed by atoms with Crippen molar-refractivity contribution in [1.29, 1.82) is 0 Å². The molecule has 0 unspecified atom stereocenters. The molecule has 0 atom stereocenters. The van der Waals surface area contributed by atoms with Gasteiger partial charge >= 0.3 is 6.18 Å². The summed E-state index contributed by atoms with van der Waals surface area (Å²) in [5.74, 6) is -2.19. The average molecular weight is 371 g/mol. The Kier molecular flexibility index (Phi) is 6.19. The SMILES string of the molecule is O=C(CSCC(=O)c1ccccc1)Nc1ccc(F)c(C(F)(F)F)c1. The van der Waals surface area contributed by atoms with Crippen molar-refractivity contribution >= 4 is 29.1 Å². The van der Waals surface area contributed by atoms with Crippen molar-refractivity contribution in [3.8, 4) is 0 Å². The second kappa shape index (κ2) is 8.15. The summed E-state index contributed by atoms with van der Waals surface area (Å²) in [4.78, 5) is 23.6. The number of carbonyl (C=O) groups is 2. The number of carbonyl (C=O) groups excluding carboxylic acids is 2. The molecule has 1 N–H and O–H groups in total. The van der Waals surface area contributed by atoms with Crippen LogP contribution in [-0.2, 0) is 11.0 Å². The van der Waals surface area contributed by atoms with E-state index >= 15 is 0 Å². The van der Waals surface area contributed by atoms with E-state index < -0.39 is 23.5 Å². The fraction of sp³-hybridized carbons (Fsp3) is 0.176. The first-order valence-electron chi connectivity index (χ1n) is 7.10. The largest absolute Gasteiger partial charge is 0.419 e. The van der Waals surface area contributed by atoms with E-state index in [1.807, 2.05) is 0 Å². The highest BCUT2D eigenvalue weighted by Gasteiger charge is 2.34. The molecule has 2 rings (SSSR count). The Morgan fingerprint density at radius 3 is 2.32 bits per heavy atom. The fourth-order valence-corrected chi connectivity index (χ4v) is 2.67. The molecule has 25 heavy (non-hydrogen) atoms. The molecule has 3 nitrogen and oxygen atoms in total. The van der Waals surface area contributed by atoms with Crippen LogP contribution in [0.4, 0.5) is 23.2 Å². The minimum Gasteiger partial charge on any atom is -0.325 e. The Hall–Kier alpha value is -2.35. The van der Waals surface area contributed by atoms with Crippen LogP contribution in [0.3, 0.4) is 0 Å². The van der Waals surface area contributed by atoms with E-state index in [0.29, 0.717) is 17.7 Å². The third-order valence-corrected chi connectivity index (χ3v) is 4.05. The predicted octanol–water partition coefficient (Wildman–Crippen LogP) is 4.40. The molecule has 0 radical (unpaired) electrons. The summed E-state index contributed by atoms with van der Waals surface area (Å²) in [6.07, 6.45) is -4.85. The smallest absolute Gasteiger partial charge is 0.325 e. The van der Waals surface area contributed by atoms with Gasteiger partial charge in [-0.05, 0) is 18.2 Å². The van der Waals surface area contributed by atoms with Crippen LogP contribution in [0.5, 0.6) is 0 Å². The van der Waals surface area contributed by atoms with Gasteiger partial charge < -0.3 is 5.32 Å². The molecular formula is C17H13F4NO2S. The molecule has 0 saturated heterocycles. The van der Waals surface area contributed by atoms with E-state index in [9.17, 15) is 27.2 Å². The van der Waals surface area contributed by atoms with Crippen molar-refractivity contribution in [1.82, 2.24) is 0 Å². The van der Waals surface area contributed by atoms with Crippen molar-refractivity contribution < 1.29 is 27.2 Å². The third kappa shape index (κ3) is 5.60. The van der Waals surface area contributed by atoms with Crippen molar-refractivity contribution in [3.63, 3.8) is 0 Å². The van der Waals surface area contributed by atoms with Crippen molar-refractivity contribution in [2.24, 2.45) is 0 Å². The molecule has 2 aromatic rings. The van der Waals surface area contributed by atoms with E-state index in [1.54, 1.807) is 30.3 Å². The van der Waals surface area contributed by atoms with Gasteiger partial charge in [-0.2, -0.15) is 13.2 Å². The van der Waals surface area contributed by atoms with E-state index in [0.717, 1.165) is 17.8 Å². The number of Topliss-reactive ketones (excluding diaryl/α,β-unsaturated/α-hetero) is 1. The number of benzene rings is 2. The Labute approximate surface area is 145 Å². The molecule has 0 aliphatic carbocycles. The highest BCUT2D eigenvalue weighted by Crippen LogP contribution is 2.33. The van der Waals surface area contributed by atoms with Gasteiger partial charge in [0.25, 0.3) is 0 Å². The molecule has 0 saturated carbocycles. The summed E-state index contributed by atoms with van der Waals surface area (Å²) in [6, 6.07) is 10.7. The normalized spacial score (nSPS) is 11.2. The highest BCUT2D eigenvalue weighted by molar-refractivity contribution is 8.00. The molecule has 0 heterocycles. The van der Waals surface area contributed by atoms with Gasteiger partial charge in [0.05, 0.1) is 17.1 Å². The lowest BCUT2D eigenvalue weighted by atomic mass is 10.2. The van der Waals surface area contributed by atoms with Crippen molar-refractivity contribution in [2.45, 2.75) is 6.18 Å². The standard InChI is InChI=1S/C17H13F4NO2S/c18-14-7-6-12(8-13(14)17(19,20)21)22-16(24)10-25-9-15(23)11-4-2-1-3-5-11/h1-8H,9-10H2,(H,22,24). The summed E-state index contributed by atoms with van der Waals surface area (Å²) in [7, 11) is 0. The maximum atomic E-state index is 13.2. The number of alkyl halides is 3. The van der Waals surface area contributed by atoms with Crippen LogP contribution in [-0.4, -0.2) is 23.2 Å². The maximum Gasteiger partial charge on any atom is 0.419 e. The minimum absolute atomic E-state index is 0.0641. The summed E-state index contributed by atoms with van der Waals surface area (Å²) in [6.45, 7) is 0. The summed E-state index contributed by atoms with van der Waals surface area (Å²) >= 11 is 1.04. The zero-order chi connectivity index (χ0) is 18.4. The molecule has 1 amide bonds. The van der Waals surface area contributed by atoms with Gasteiger partial charge in [0.2, 0.25) is 5.91 Å². The molecule has 0 spiro atoms. The van der Waals surface area contributed by atoms with Crippen LogP contribution in [0, 0.1) is 5.82 Å². The number of hydrogen-bond acceptors (Lipinski definition) is 3. The molecule has 2 aromatic carbocycles. The average Bonchev–Trinajstić information content (AvgIpc) is 2.56. The molecule has 8 heteroatoms. The van der Waals surface area contributed by atoms with Gasteiger partial charge in [-0.25, -0.2) is 4.39 Å². The first-order chi connectivity index (χ1) is 11.8. The number of anilines is 1. The Morgan fingerprint density at radius 2 is 1.68 bits per heavy atom. The lowest BCUT2D eigenvalue weighted by molar-refractivity contribution is -0.140. The van der Waals surface area contributed by atoms with Gasteiger partial charge in [-0.3, -0.25) is 9.59 Å². The highest BCUT2D eigenvalue weighted by atomic mass is 32.2. The van der Waals surface area contributed by atoms with Gasteiger partial charge in [-0.15, -0.1) is 11.8 Å². The van der Waals surface area contributed by atoms with Gasteiger partial charge in [0, 0.05) is 11.3 Å². The molecule has 0 aliphatic heterocycles. The minimum atomic E-state index is -4.85. The molecule has 0 aliphatic rings. The first-order valence-corrected chi connectivity index (χ1v) is 8.25. The monoisotopic (exact) mass is 371 g/mol. The van der Waals surface area contributed by atoms with Crippen LogP contribution >= 0.6 is 11.8 Å². The van der Waals surface area contributed by atoms with Crippen LogP contribution in [0.15, 0.2) is 48.5 Å². The number of ketones is 1. The lowest BCUT2D eigenvalue weighted by Crippen LogP contribution is -2.17. The topological polar surface area (TPSA) is 46.2 Å². The number of amides is 1. The fourth-order valence-electron chi connectivity index (χ4n) is 1.96. The molecule has 0 bridgehead atoms. The van der Waals surface area contributed by atoms with Crippen LogP contribution in [0.1, 0.15) is 15.9 Å². The Morgan fingerprint density at radius 1 is 1.00 bits per heavy atom. The number of rotatable bonds is 6. The summed E-state index contributed by atoms with van der Waals surface area (Å²) in [5, 5.41) is 2.26. The Bertz CT molecular complexity index is 763. The van der Waals surface area contributed by atoms with E-state index in [4.69, 9.17) is 0 Å². The molecule has 0 fully saturated rings. The van der Waals surface area contributed by atoms with Gasteiger partial charge in [-0.1, -0.05) is 30.3 Å². The summed E-state index contributed by atoms with van der Waals surface area (Å²) < 4.78 is 51.1. The number of hydrogen-bond donors (Lipinski definition) is 1. The van der Waals surface area contributed by atoms with Crippen molar-refractivity contribution in [2.75, 3.05) is 16.8 Å². The number of thioether (sulfide) groups is 1. The second-order valence-electron chi connectivity index (χ2n) is 5.02. The Balaban J connectivity index is 1.88. The summed E-state index contributed by atoms with van der Waals surface area (Å²) in [5.41, 5.74) is -1.09. The quantitative estimate of drug-likeness (QED) is 0.605. The van der Waals surface area contributed by atoms with Crippen molar-refractivity contribution in [3.05, 3.63) is 65.5 Å². The predicted molar refractivity (Wildman–Crippen MR) is 88.1 cm³/mol. The number of nitrogens with one attached hydrogen (secondary N) is 1. The third-order valence-electron chi connectivity index (χ3n) is 3.12. The molecule has 0 aromatic heterocycles. The van der Waals surface area contributed by atoms with E-state index in [1.165, 1.54) is 0 Å². The van der Waals surface area contributed by atoms with E-state index in [-0.39, 0.29) is 23.0 Å². The zero-order valence-electron chi connectivity index (χ0n) is 12.8. The van der Waals surface area contributed by atoms with Crippen LogP contribution in [0.25, 0.3) is 0 Å². The van der Waals surface area contributed by atoms with E-state index in [2.05, 4.69) is 5.32 Å². The van der Waals surface area contributed by atoms with Gasteiger partial charge in [0.1, 0.15) is 5.82 Å². The maximum absolute atomic E-state index is 13.2. The lowest BCUT2D eigenvalue weighted by Gasteiger charge is -2.11. The van der Waals surface area contributed by atoms with Gasteiger partial charge in [0.15, 0.2) is 5.78 Å². The second-order valence-corrected chi connectivity index (χ2v) is 6.01. The number of halogens is 4. The first kappa shape index (κ1) is 19.0. The van der Waals surface area contributed by atoms with Crippen LogP contribution in [0.2, 0.25) is 0 Å². The molecule has 132 valence electrons. The zero-order valence-corrected chi connectivity index (χ0v) is 13.6.